The van der Waals surface area contributed by atoms with Gasteiger partial charge in [-0.1, -0.05) is 60.7 Å². The fraction of sp³-hybridized carbons (Fsp3) is 0.342. The summed E-state index contributed by atoms with van der Waals surface area (Å²) in [4.78, 5) is 10.8. The summed E-state index contributed by atoms with van der Waals surface area (Å²) in [5, 5.41) is 20.6. The first-order valence-electron chi connectivity index (χ1n) is 16.1. The lowest BCUT2D eigenvalue weighted by Gasteiger charge is -2.29. The summed E-state index contributed by atoms with van der Waals surface area (Å²) >= 11 is 0. The van der Waals surface area contributed by atoms with Gasteiger partial charge in [-0.25, -0.2) is 0 Å². The number of aliphatic hydroxyl groups excluding tert-OH is 2. The molecule has 0 radical (unpaired) electrons. The molecule has 5 rings (SSSR count). The molecule has 0 atom stereocenters. The Labute approximate surface area is 282 Å². The van der Waals surface area contributed by atoms with E-state index in [1.807, 2.05) is 84.9 Å². The van der Waals surface area contributed by atoms with Gasteiger partial charge in [0.05, 0.1) is 26.4 Å². The topological polar surface area (TPSA) is 125 Å². The summed E-state index contributed by atoms with van der Waals surface area (Å²) in [5.74, 6) is 2.87. The molecule has 0 bridgehead atoms. The number of nitrogens with one attached hydrogen (secondary N) is 1. The van der Waals surface area contributed by atoms with Crippen molar-refractivity contribution < 1.29 is 43.4 Å². The minimum absolute atomic E-state index is 0.0181. The molecule has 4 aromatic rings. The number of hydrogen-bond acceptors (Lipinski definition) is 9. The molecule has 4 aromatic carbocycles. The maximum absolute atomic E-state index is 10.8. The van der Waals surface area contributed by atoms with Gasteiger partial charge in [0.2, 0.25) is 5.91 Å². The van der Waals surface area contributed by atoms with Gasteiger partial charge in [-0.3, -0.25) is 4.79 Å². The summed E-state index contributed by atoms with van der Waals surface area (Å²) in [6.07, 6.45) is 0.608. The van der Waals surface area contributed by atoms with Gasteiger partial charge in [0.15, 0.2) is 6.29 Å². The number of carbonyl (C=O) groups excluding carboxylic acids is 1. The predicted octanol–water partition coefficient (Wildman–Crippen LogP) is 5.30. The van der Waals surface area contributed by atoms with Crippen LogP contribution in [0.3, 0.4) is 0 Å². The van der Waals surface area contributed by atoms with Crippen LogP contribution in [0.5, 0.6) is 23.0 Å². The predicted molar refractivity (Wildman–Crippen MR) is 181 cm³/mol. The number of carbonyl (C=O) groups is 1. The Bertz CT molecular complexity index is 1430. The molecule has 3 N–H and O–H groups in total. The van der Waals surface area contributed by atoms with Gasteiger partial charge in [-0.15, -0.1) is 0 Å². The van der Waals surface area contributed by atoms with Gasteiger partial charge in [-0.05, 0) is 66.1 Å². The van der Waals surface area contributed by atoms with Gasteiger partial charge >= 0.3 is 0 Å². The Morgan fingerprint density at radius 1 is 0.729 bits per heavy atom. The lowest BCUT2D eigenvalue weighted by atomic mass is 10.2. The molecule has 10 heteroatoms. The third-order valence-electron chi connectivity index (χ3n) is 7.08. The third kappa shape index (κ3) is 13.6. The van der Waals surface area contributed by atoms with E-state index in [1.165, 1.54) is 6.92 Å². The highest BCUT2D eigenvalue weighted by molar-refractivity contribution is 5.72. The van der Waals surface area contributed by atoms with E-state index in [0.29, 0.717) is 38.7 Å². The van der Waals surface area contributed by atoms with E-state index < -0.39 is 6.10 Å². The highest BCUT2D eigenvalue weighted by Gasteiger charge is 2.23. The lowest BCUT2D eigenvalue weighted by Crippen LogP contribution is -2.39. The highest BCUT2D eigenvalue weighted by Crippen LogP contribution is 2.22. The summed E-state index contributed by atoms with van der Waals surface area (Å²) in [7, 11) is 0. The second-order valence-electron chi connectivity index (χ2n) is 11.1. The number of benzene rings is 4. The molecular weight excluding hydrogens is 614 g/mol. The molecule has 1 fully saturated rings. The molecule has 10 nitrogen and oxygen atoms in total. The van der Waals surface area contributed by atoms with Crippen molar-refractivity contribution >= 4 is 5.91 Å². The smallest absolute Gasteiger partial charge is 0.216 e. The van der Waals surface area contributed by atoms with Crippen LogP contribution in [0.2, 0.25) is 0 Å². The SMILES string of the molecule is CC(=O)NCCCC1OCC(Oc2ccc(OCc3ccccc3)cc2)CO1.OCC(CO)Oc1ccc(OCc2ccccc2)cc1. The molecule has 0 aliphatic carbocycles. The minimum Gasteiger partial charge on any atom is -0.489 e. The van der Waals surface area contributed by atoms with Crippen LogP contribution in [0.1, 0.15) is 30.9 Å². The second-order valence-corrected chi connectivity index (χ2v) is 11.1. The Morgan fingerprint density at radius 2 is 1.21 bits per heavy atom. The Balaban J connectivity index is 0.000000229. The van der Waals surface area contributed by atoms with Crippen molar-refractivity contribution in [3.63, 3.8) is 0 Å². The first-order chi connectivity index (χ1) is 23.5. The molecule has 1 amide bonds. The van der Waals surface area contributed by atoms with E-state index in [9.17, 15) is 4.79 Å². The number of hydrogen-bond donors (Lipinski definition) is 3. The normalized spacial score (nSPS) is 15.5. The number of aliphatic hydroxyl groups is 2. The van der Waals surface area contributed by atoms with Gasteiger partial charge in [0.1, 0.15) is 48.4 Å². The zero-order valence-electron chi connectivity index (χ0n) is 27.2. The van der Waals surface area contributed by atoms with Crippen LogP contribution in [-0.4, -0.2) is 67.6 Å². The maximum Gasteiger partial charge on any atom is 0.216 e. The lowest BCUT2D eigenvalue weighted by molar-refractivity contribution is -0.213. The van der Waals surface area contributed by atoms with E-state index in [4.69, 9.17) is 38.6 Å². The first-order valence-corrected chi connectivity index (χ1v) is 16.1. The summed E-state index contributed by atoms with van der Waals surface area (Å²) < 4.78 is 34.1. The van der Waals surface area contributed by atoms with Gasteiger partial charge in [-0.2, -0.15) is 0 Å². The quantitative estimate of drug-likeness (QED) is 0.138. The first kappa shape index (κ1) is 36.2. The van der Waals surface area contributed by atoms with Crippen molar-refractivity contribution in [1.29, 1.82) is 0 Å². The van der Waals surface area contributed by atoms with E-state index in [0.717, 1.165) is 41.2 Å². The largest absolute Gasteiger partial charge is 0.489 e. The molecule has 256 valence electrons. The highest BCUT2D eigenvalue weighted by atomic mass is 16.7. The zero-order valence-corrected chi connectivity index (χ0v) is 27.2. The van der Waals surface area contributed by atoms with E-state index in [-0.39, 0.29) is 31.5 Å². The van der Waals surface area contributed by atoms with Crippen LogP contribution in [0.4, 0.5) is 0 Å². The van der Waals surface area contributed by atoms with E-state index in [2.05, 4.69) is 5.32 Å². The van der Waals surface area contributed by atoms with E-state index in [1.54, 1.807) is 24.3 Å². The number of ether oxygens (including phenoxy) is 6. The van der Waals surface area contributed by atoms with Crippen LogP contribution in [0, 0.1) is 0 Å². The molecule has 0 aromatic heterocycles. The standard InChI is InChI=1S/C22H27NO5.C16H18O4/c1-17(24)23-13-5-8-22-26-15-21(16-27-22)28-20-11-9-19(10-12-20)25-14-18-6-3-2-4-7-18;17-10-16(11-18)20-15-8-6-14(7-9-15)19-12-13-4-2-1-3-5-13/h2-4,6-7,9-12,21-22H,5,8,13-16H2,1H3,(H,23,24);1-9,16-18H,10-12H2. The van der Waals surface area contributed by atoms with Crippen LogP contribution < -0.4 is 24.3 Å². The second kappa shape index (κ2) is 20.6. The van der Waals surface area contributed by atoms with Crippen molar-refractivity contribution in [3.8, 4) is 23.0 Å². The number of amides is 1. The average molecular weight is 660 g/mol. The molecule has 0 unspecified atom stereocenters. The monoisotopic (exact) mass is 659 g/mol. The van der Waals surface area contributed by atoms with Crippen LogP contribution in [-0.2, 0) is 27.5 Å². The molecule has 0 saturated carbocycles. The van der Waals surface area contributed by atoms with Crippen molar-refractivity contribution in [1.82, 2.24) is 5.32 Å². The van der Waals surface area contributed by atoms with Gasteiger partial charge in [0.25, 0.3) is 0 Å². The molecule has 1 heterocycles. The third-order valence-corrected chi connectivity index (χ3v) is 7.08. The average Bonchev–Trinajstić information content (AvgIpc) is 3.13. The van der Waals surface area contributed by atoms with E-state index >= 15 is 0 Å². The maximum atomic E-state index is 10.8. The summed E-state index contributed by atoms with van der Waals surface area (Å²) in [6.45, 7) is 3.72. The Kier molecular flexibility index (Phi) is 15.5. The molecule has 48 heavy (non-hydrogen) atoms. The Hall–Kier alpha value is -4.61. The number of rotatable bonds is 16. The van der Waals surface area contributed by atoms with Crippen molar-refractivity contribution in [3.05, 3.63) is 120 Å². The Morgan fingerprint density at radius 3 is 1.69 bits per heavy atom. The summed E-state index contributed by atoms with van der Waals surface area (Å²) in [5.41, 5.74) is 2.24. The van der Waals surface area contributed by atoms with Crippen molar-refractivity contribution in [2.75, 3.05) is 33.0 Å². The van der Waals surface area contributed by atoms with Crippen molar-refractivity contribution in [2.45, 2.75) is 51.5 Å². The molecule has 1 aliphatic rings. The van der Waals surface area contributed by atoms with Crippen LogP contribution >= 0.6 is 0 Å². The molecule has 1 saturated heterocycles. The minimum atomic E-state index is -0.592. The van der Waals surface area contributed by atoms with Crippen LogP contribution in [0.25, 0.3) is 0 Å². The summed E-state index contributed by atoms with van der Waals surface area (Å²) in [6, 6.07) is 34.6. The van der Waals surface area contributed by atoms with Crippen molar-refractivity contribution in [2.24, 2.45) is 0 Å². The molecule has 1 aliphatic heterocycles. The van der Waals surface area contributed by atoms with Crippen LogP contribution in [0.15, 0.2) is 109 Å². The fourth-order valence-electron chi connectivity index (χ4n) is 4.52. The van der Waals surface area contributed by atoms with Gasteiger partial charge < -0.3 is 44.0 Å². The van der Waals surface area contributed by atoms with Gasteiger partial charge in [0, 0.05) is 19.9 Å². The molecule has 0 spiro atoms. The molecular formula is C38H45NO9. The zero-order chi connectivity index (χ0) is 33.8. The fourth-order valence-corrected chi connectivity index (χ4v) is 4.52.